The van der Waals surface area contributed by atoms with E-state index in [4.69, 9.17) is 9.47 Å². The third-order valence-corrected chi connectivity index (χ3v) is 6.18. The minimum absolute atomic E-state index is 0.0299. The molecule has 2 aromatic heterocycles. The molecule has 3 aromatic rings. The Hall–Kier alpha value is -4.48. The smallest absolute Gasteiger partial charge is 0.309 e. The van der Waals surface area contributed by atoms with Crippen molar-refractivity contribution in [2.45, 2.75) is 19.4 Å². The Morgan fingerprint density at radius 1 is 1.20 bits per heavy atom. The summed E-state index contributed by atoms with van der Waals surface area (Å²) in [6.07, 6.45) is 3.98. The third kappa shape index (κ3) is 4.25. The van der Waals surface area contributed by atoms with Crippen LogP contribution in [0.5, 0.6) is 5.75 Å². The molecule has 12 nitrogen and oxygen atoms in total. The Labute approximate surface area is 198 Å². The Bertz CT molecular complexity index is 1350. The molecule has 3 amide bonds. The van der Waals surface area contributed by atoms with Gasteiger partial charge in [0.2, 0.25) is 5.91 Å². The molecule has 0 unspecified atom stereocenters. The van der Waals surface area contributed by atoms with Crippen molar-refractivity contribution >= 4 is 46.1 Å². The van der Waals surface area contributed by atoms with Crippen LogP contribution in [0, 0.1) is 11.8 Å². The van der Waals surface area contributed by atoms with Gasteiger partial charge in [-0.1, -0.05) is 6.07 Å². The monoisotopic (exact) mass is 478 g/mol. The van der Waals surface area contributed by atoms with Crippen molar-refractivity contribution in [3.05, 3.63) is 42.0 Å². The van der Waals surface area contributed by atoms with Gasteiger partial charge in [-0.05, 0) is 30.5 Å². The maximum atomic E-state index is 12.9. The number of H-pyrrole nitrogens is 1. The number of aromatic nitrogens is 3. The fourth-order valence-corrected chi connectivity index (χ4v) is 4.19. The summed E-state index contributed by atoms with van der Waals surface area (Å²) >= 11 is 0. The summed E-state index contributed by atoms with van der Waals surface area (Å²) in [7, 11) is 1.30. The van der Waals surface area contributed by atoms with E-state index < -0.39 is 23.7 Å². The predicted octanol–water partition coefficient (Wildman–Crippen LogP) is 1.36. The number of carbonyl (C=O) groups excluding carboxylic acids is 4. The quantitative estimate of drug-likeness (QED) is 0.386. The number of fused-ring (bicyclic) bond motifs is 2. The van der Waals surface area contributed by atoms with Crippen molar-refractivity contribution in [3.8, 4) is 5.75 Å². The first-order valence-electron chi connectivity index (χ1n) is 11.0. The molecular formula is C23H22N6O6. The maximum absolute atomic E-state index is 12.9. The largest absolute Gasteiger partial charge is 0.482 e. The molecule has 12 heteroatoms. The zero-order valence-corrected chi connectivity index (χ0v) is 18.7. The molecule has 0 bridgehead atoms. The summed E-state index contributed by atoms with van der Waals surface area (Å²) < 4.78 is 10.1. The number of nitrogens with zero attached hydrogens (tertiary/aromatic N) is 2. The zero-order chi connectivity index (χ0) is 24.5. The Morgan fingerprint density at radius 3 is 2.80 bits per heavy atom. The summed E-state index contributed by atoms with van der Waals surface area (Å²) in [5, 5.41) is 8.31. The van der Waals surface area contributed by atoms with Crippen LogP contribution in [0.25, 0.3) is 11.0 Å². The number of hydrogen-bond donors (Lipinski definition) is 4. The van der Waals surface area contributed by atoms with Crippen LogP contribution < -0.4 is 20.7 Å². The summed E-state index contributed by atoms with van der Waals surface area (Å²) in [5.74, 6) is -1.74. The molecule has 35 heavy (non-hydrogen) atoms. The molecule has 1 aromatic carbocycles. The topological polar surface area (TPSA) is 164 Å². The molecule has 0 saturated heterocycles. The second-order valence-electron chi connectivity index (χ2n) is 8.30. The van der Waals surface area contributed by atoms with Crippen molar-refractivity contribution in [2.75, 3.05) is 24.4 Å². The lowest BCUT2D eigenvalue weighted by Gasteiger charge is -2.32. The van der Waals surface area contributed by atoms with E-state index in [1.54, 1.807) is 18.2 Å². The molecule has 0 spiro atoms. The Balaban J connectivity index is 1.28. The van der Waals surface area contributed by atoms with Crippen LogP contribution in [0.15, 0.2) is 30.7 Å². The lowest BCUT2D eigenvalue weighted by Crippen LogP contribution is -2.41. The number of carbonyl (C=O) groups is 4. The SMILES string of the molecule is COC(=O)[C@@H]1CC[C@H]1C(=O)Nc1c[nH]c2c(C(=O)NCc3ccc4c(c3)NC(=O)CO4)ncnc12. The van der Waals surface area contributed by atoms with Crippen molar-refractivity contribution in [2.24, 2.45) is 11.8 Å². The molecule has 1 fully saturated rings. The van der Waals surface area contributed by atoms with Crippen LogP contribution in [0.2, 0.25) is 0 Å². The van der Waals surface area contributed by atoms with E-state index in [-0.39, 0.29) is 30.7 Å². The van der Waals surface area contributed by atoms with Crippen molar-refractivity contribution in [1.29, 1.82) is 0 Å². The predicted molar refractivity (Wildman–Crippen MR) is 122 cm³/mol. The first-order chi connectivity index (χ1) is 16.9. The van der Waals surface area contributed by atoms with Gasteiger partial charge >= 0.3 is 5.97 Å². The lowest BCUT2D eigenvalue weighted by atomic mass is 9.73. The van der Waals surface area contributed by atoms with Crippen LogP contribution in [-0.2, 0) is 25.7 Å². The number of ether oxygens (including phenoxy) is 2. The van der Waals surface area contributed by atoms with Gasteiger partial charge in [-0.2, -0.15) is 0 Å². The molecule has 2 aliphatic rings. The van der Waals surface area contributed by atoms with Gasteiger partial charge in [-0.3, -0.25) is 19.2 Å². The molecule has 2 atom stereocenters. The standard InChI is InChI=1S/C23H22N6O6/c1-34-23(33)13-4-3-12(13)21(31)29-15-8-24-19-18(15)26-10-27-20(19)22(32)25-7-11-2-5-16-14(6-11)28-17(30)9-35-16/h2,5-6,8,10,12-13,24H,3-4,7,9H2,1H3,(H,25,32)(H,28,30)(H,29,31)/t12-,13-/m1/s1. The second-order valence-corrected chi connectivity index (χ2v) is 8.30. The molecule has 3 heterocycles. The lowest BCUT2D eigenvalue weighted by molar-refractivity contribution is -0.154. The van der Waals surface area contributed by atoms with Crippen LogP contribution in [-0.4, -0.2) is 52.4 Å². The van der Waals surface area contributed by atoms with Crippen LogP contribution >= 0.6 is 0 Å². The molecule has 1 aliphatic heterocycles. The molecule has 1 saturated carbocycles. The van der Waals surface area contributed by atoms with E-state index >= 15 is 0 Å². The maximum Gasteiger partial charge on any atom is 0.309 e. The van der Waals surface area contributed by atoms with Gasteiger partial charge in [0.15, 0.2) is 12.3 Å². The number of rotatable bonds is 6. The van der Waals surface area contributed by atoms with Crippen molar-refractivity contribution < 1.29 is 28.7 Å². The second kappa shape index (κ2) is 9.05. The average Bonchev–Trinajstić information content (AvgIpc) is 3.24. The minimum atomic E-state index is -0.469. The number of methoxy groups -OCH3 is 1. The van der Waals surface area contributed by atoms with E-state index in [0.29, 0.717) is 41.0 Å². The Kier molecular flexibility index (Phi) is 5.77. The highest BCUT2D eigenvalue weighted by atomic mass is 16.5. The van der Waals surface area contributed by atoms with Gasteiger partial charge < -0.3 is 30.4 Å². The van der Waals surface area contributed by atoms with Crippen LogP contribution in [0.1, 0.15) is 28.9 Å². The third-order valence-electron chi connectivity index (χ3n) is 6.18. The summed E-state index contributed by atoms with van der Waals surface area (Å²) in [5.41, 5.74) is 2.55. The van der Waals surface area contributed by atoms with Gasteiger partial charge in [-0.25, -0.2) is 9.97 Å². The molecule has 180 valence electrons. The first-order valence-corrected chi connectivity index (χ1v) is 11.0. The number of aromatic amines is 1. The van der Waals surface area contributed by atoms with E-state index in [1.165, 1.54) is 19.6 Å². The first kappa shape index (κ1) is 22.3. The summed E-state index contributed by atoms with van der Waals surface area (Å²) in [4.78, 5) is 60.1. The molecule has 1 aliphatic carbocycles. The van der Waals surface area contributed by atoms with Crippen LogP contribution in [0.3, 0.4) is 0 Å². The highest BCUT2D eigenvalue weighted by Gasteiger charge is 2.42. The van der Waals surface area contributed by atoms with Gasteiger partial charge in [0.05, 0.1) is 35.8 Å². The van der Waals surface area contributed by atoms with Gasteiger partial charge in [0.1, 0.15) is 17.6 Å². The number of esters is 1. The summed E-state index contributed by atoms with van der Waals surface area (Å²) in [6.45, 7) is 0.159. The van der Waals surface area contributed by atoms with E-state index in [1.807, 2.05) is 0 Å². The summed E-state index contributed by atoms with van der Waals surface area (Å²) in [6, 6.07) is 5.25. The highest BCUT2D eigenvalue weighted by molar-refractivity contribution is 6.08. The van der Waals surface area contributed by atoms with Gasteiger partial charge in [-0.15, -0.1) is 0 Å². The fraction of sp³-hybridized carbons (Fsp3) is 0.304. The number of hydrogen-bond acceptors (Lipinski definition) is 8. The van der Waals surface area contributed by atoms with Gasteiger partial charge in [0, 0.05) is 12.7 Å². The number of anilines is 2. The van der Waals surface area contributed by atoms with Gasteiger partial charge in [0.25, 0.3) is 11.8 Å². The Morgan fingerprint density at radius 2 is 2.03 bits per heavy atom. The fourth-order valence-electron chi connectivity index (χ4n) is 4.19. The number of nitrogens with one attached hydrogen (secondary N) is 4. The van der Waals surface area contributed by atoms with Crippen molar-refractivity contribution in [1.82, 2.24) is 20.3 Å². The average molecular weight is 478 g/mol. The van der Waals surface area contributed by atoms with E-state index in [0.717, 1.165) is 5.56 Å². The normalized spacial score (nSPS) is 18.5. The molecule has 4 N–H and O–H groups in total. The highest BCUT2D eigenvalue weighted by Crippen LogP contribution is 2.36. The van der Waals surface area contributed by atoms with E-state index in [9.17, 15) is 19.2 Å². The molecule has 0 radical (unpaired) electrons. The minimum Gasteiger partial charge on any atom is -0.482 e. The number of amides is 3. The van der Waals surface area contributed by atoms with Crippen molar-refractivity contribution in [3.63, 3.8) is 0 Å². The molecule has 5 rings (SSSR count). The molecular weight excluding hydrogens is 456 g/mol. The zero-order valence-electron chi connectivity index (χ0n) is 18.7. The number of benzene rings is 1. The van der Waals surface area contributed by atoms with E-state index in [2.05, 4.69) is 30.9 Å². The van der Waals surface area contributed by atoms with Crippen LogP contribution in [0.4, 0.5) is 11.4 Å².